The molecule has 1 aromatic heterocycles. The van der Waals surface area contributed by atoms with Gasteiger partial charge in [0.15, 0.2) is 0 Å². The fourth-order valence-electron chi connectivity index (χ4n) is 2.99. The van der Waals surface area contributed by atoms with E-state index in [9.17, 15) is 18.3 Å². The third kappa shape index (κ3) is 4.55. The molecule has 3 rings (SSSR count). The Morgan fingerprint density at radius 2 is 2.20 bits per heavy atom. The molecule has 2 heterocycles. The van der Waals surface area contributed by atoms with Crippen LogP contribution in [0.4, 0.5) is 0 Å². The molecule has 1 saturated heterocycles. The highest BCUT2D eigenvalue weighted by Gasteiger charge is 2.32. The van der Waals surface area contributed by atoms with Gasteiger partial charge in [-0.3, -0.25) is 4.79 Å². The van der Waals surface area contributed by atoms with E-state index in [1.54, 1.807) is 16.5 Å². The number of thiazole rings is 1. The number of fused-ring (bicyclic) bond motifs is 1. The van der Waals surface area contributed by atoms with Crippen LogP contribution in [0.2, 0.25) is 0 Å². The van der Waals surface area contributed by atoms with Crippen LogP contribution in [0.5, 0.6) is 0 Å². The van der Waals surface area contributed by atoms with Gasteiger partial charge in [0, 0.05) is 25.2 Å². The van der Waals surface area contributed by atoms with E-state index in [0.717, 1.165) is 16.5 Å². The predicted octanol–water partition coefficient (Wildman–Crippen LogP) is 1.20. The number of likely N-dealkylation sites (tertiary alicyclic amines) is 1. The summed E-state index contributed by atoms with van der Waals surface area (Å²) in [6.07, 6.45) is 2.48. The second kappa shape index (κ2) is 6.99. The van der Waals surface area contributed by atoms with Crippen LogP contribution in [0.1, 0.15) is 29.6 Å². The van der Waals surface area contributed by atoms with Gasteiger partial charge < -0.3 is 10.0 Å². The van der Waals surface area contributed by atoms with Crippen molar-refractivity contribution in [3.05, 3.63) is 29.3 Å². The lowest BCUT2D eigenvalue weighted by Gasteiger charge is -2.26. The molecule has 0 unspecified atom stereocenters. The van der Waals surface area contributed by atoms with Crippen LogP contribution in [0.3, 0.4) is 0 Å². The number of benzene rings is 1. The van der Waals surface area contributed by atoms with Gasteiger partial charge in [-0.25, -0.2) is 18.1 Å². The Bertz CT molecular complexity index is 880. The summed E-state index contributed by atoms with van der Waals surface area (Å²) < 4.78 is 25.8. The van der Waals surface area contributed by atoms with Gasteiger partial charge in [-0.2, -0.15) is 0 Å². The molecule has 1 amide bonds. The zero-order valence-corrected chi connectivity index (χ0v) is 15.6. The number of carbonyl (C=O) groups excluding carboxylic acids is 1. The Kier molecular flexibility index (Phi) is 5.10. The minimum absolute atomic E-state index is 0.0271. The van der Waals surface area contributed by atoms with Gasteiger partial charge in [-0.15, -0.1) is 11.3 Å². The lowest BCUT2D eigenvalue weighted by Crippen LogP contribution is -2.43. The summed E-state index contributed by atoms with van der Waals surface area (Å²) in [5, 5.41) is 10.6. The lowest BCUT2D eigenvalue weighted by atomic mass is 9.95. The molecular weight excluding hydrogens is 362 g/mol. The maximum absolute atomic E-state index is 12.8. The fourth-order valence-corrected chi connectivity index (χ4v) is 4.24. The normalized spacial score (nSPS) is 22.1. The summed E-state index contributed by atoms with van der Waals surface area (Å²) in [6, 6.07) is 5.45. The standard InChI is InChI=1S/C16H21N3O4S2/c1-25(22,23)18-10-16(21)5-2-7-19(8-6-16)15(20)12-3-4-13-14(9-12)24-11-17-13/h3-4,9,11,18,21H,2,5-8,10H2,1H3/t16-/m1/s1. The van der Waals surface area contributed by atoms with Crippen molar-refractivity contribution in [3.63, 3.8) is 0 Å². The number of aliphatic hydroxyl groups is 1. The van der Waals surface area contributed by atoms with E-state index in [-0.39, 0.29) is 12.5 Å². The Morgan fingerprint density at radius 3 is 2.96 bits per heavy atom. The lowest BCUT2D eigenvalue weighted by molar-refractivity contribution is 0.0305. The molecule has 7 nitrogen and oxygen atoms in total. The third-order valence-corrected chi connectivity index (χ3v) is 5.91. The number of hydrogen-bond donors (Lipinski definition) is 2. The first-order chi connectivity index (χ1) is 11.8. The van der Waals surface area contributed by atoms with Crippen molar-refractivity contribution >= 4 is 37.5 Å². The van der Waals surface area contributed by atoms with Crippen molar-refractivity contribution in [2.45, 2.75) is 24.9 Å². The van der Waals surface area contributed by atoms with Crippen LogP contribution in [-0.4, -0.2) is 60.8 Å². The van der Waals surface area contributed by atoms with E-state index in [4.69, 9.17) is 0 Å². The number of amides is 1. The highest BCUT2D eigenvalue weighted by molar-refractivity contribution is 7.88. The second-order valence-electron chi connectivity index (χ2n) is 6.50. The van der Waals surface area contributed by atoms with Crippen molar-refractivity contribution < 1.29 is 18.3 Å². The first-order valence-electron chi connectivity index (χ1n) is 8.05. The number of carbonyl (C=O) groups is 1. The topological polar surface area (TPSA) is 99.6 Å². The average molecular weight is 383 g/mol. The molecule has 0 radical (unpaired) electrons. The van der Waals surface area contributed by atoms with E-state index >= 15 is 0 Å². The highest BCUT2D eigenvalue weighted by atomic mass is 32.2. The molecule has 2 aromatic rings. The van der Waals surface area contributed by atoms with Gasteiger partial charge >= 0.3 is 0 Å². The molecule has 1 aromatic carbocycles. The van der Waals surface area contributed by atoms with Crippen LogP contribution >= 0.6 is 11.3 Å². The van der Waals surface area contributed by atoms with E-state index in [1.165, 1.54) is 11.3 Å². The molecular formula is C16H21N3O4S2. The van der Waals surface area contributed by atoms with Crippen molar-refractivity contribution in [1.82, 2.24) is 14.6 Å². The van der Waals surface area contributed by atoms with Crippen LogP contribution < -0.4 is 4.72 Å². The van der Waals surface area contributed by atoms with Gasteiger partial charge in [-0.05, 0) is 37.5 Å². The molecule has 9 heteroatoms. The summed E-state index contributed by atoms with van der Waals surface area (Å²) in [5.74, 6) is -0.0735. The monoisotopic (exact) mass is 383 g/mol. The Balaban J connectivity index is 1.68. The van der Waals surface area contributed by atoms with Crippen LogP contribution in [0, 0.1) is 0 Å². The molecule has 136 valence electrons. The molecule has 0 spiro atoms. The summed E-state index contributed by atoms with van der Waals surface area (Å²) in [7, 11) is -3.36. The number of sulfonamides is 1. The summed E-state index contributed by atoms with van der Waals surface area (Å²) in [6.45, 7) is 0.906. The number of nitrogens with one attached hydrogen (secondary N) is 1. The highest BCUT2D eigenvalue weighted by Crippen LogP contribution is 2.24. The third-order valence-electron chi connectivity index (χ3n) is 4.45. The predicted molar refractivity (Wildman–Crippen MR) is 97.2 cm³/mol. The molecule has 1 atom stereocenters. The smallest absolute Gasteiger partial charge is 0.253 e. The van der Waals surface area contributed by atoms with Crippen molar-refractivity contribution in [1.29, 1.82) is 0 Å². The zero-order valence-electron chi connectivity index (χ0n) is 13.9. The van der Waals surface area contributed by atoms with E-state index < -0.39 is 15.6 Å². The van der Waals surface area contributed by atoms with Gasteiger partial charge in [0.05, 0.1) is 27.6 Å². The van der Waals surface area contributed by atoms with Crippen LogP contribution in [0.25, 0.3) is 10.2 Å². The van der Waals surface area contributed by atoms with E-state index in [1.807, 2.05) is 12.1 Å². The number of rotatable bonds is 4. The molecule has 0 saturated carbocycles. The number of nitrogens with zero attached hydrogens (tertiary/aromatic N) is 2. The minimum Gasteiger partial charge on any atom is -0.388 e. The Labute approximate surface area is 150 Å². The number of aromatic nitrogens is 1. The molecule has 2 N–H and O–H groups in total. The molecule has 1 aliphatic rings. The van der Waals surface area contributed by atoms with Gasteiger partial charge in [0.1, 0.15) is 0 Å². The molecule has 1 fully saturated rings. The number of hydrogen-bond acceptors (Lipinski definition) is 6. The molecule has 1 aliphatic heterocycles. The Hall–Kier alpha value is -1.55. The summed E-state index contributed by atoms with van der Waals surface area (Å²) in [4.78, 5) is 18.7. The molecule has 0 bridgehead atoms. The van der Waals surface area contributed by atoms with Crippen molar-refractivity contribution in [2.75, 3.05) is 25.9 Å². The maximum atomic E-state index is 12.8. The average Bonchev–Trinajstić information content (AvgIpc) is 2.94. The Morgan fingerprint density at radius 1 is 1.40 bits per heavy atom. The van der Waals surface area contributed by atoms with Gasteiger partial charge in [0.2, 0.25) is 10.0 Å². The minimum atomic E-state index is -3.36. The van der Waals surface area contributed by atoms with Crippen molar-refractivity contribution in [2.24, 2.45) is 0 Å². The zero-order chi connectivity index (χ0) is 18.1. The van der Waals surface area contributed by atoms with Crippen molar-refractivity contribution in [3.8, 4) is 0 Å². The largest absolute Gasteiger partial charge is 0.388 e. The molecule has 0 aliphatic carbocycles. The van der Waals surface area contributed by atoms with E-state index in [2.05, 4.69) is 9.71 Å². The fraction of sp³-hybridized carbons (Fsp3) is 0.500. The summed E-state index contributed by atoms with van der Waals surface area (Å²) >= 11 is 1.49. The first-order valence-corrected chi connectivity index (χ1v) is 10.8. The van der Waals surface area contributed by atoms with Crippen LogP contribution in [-0.2, 0) is 10.0 Å². The first kappa shape index (κ1) is 18.2. The van der Waals surface area contributed by atoms with Crippen LogP contribution in [0.15, 0.2) is 23.7 Å². The van der Waals surface area contributed by atoms with Gasteiger partial charge in [-0.1, -0.05) is 0 Å². The summed E-state index contributed by atoms with van der Waals surface area (Å²) in [5.41, 5.74) is 2.11. The SMILES string of the molecule is CS(=O)(=O)NC[C@@]1(O)CCCN(C(=O)c2ccc3ncsc3c2)CC1. The molecule has 25 heavy (non-hydrogen) atoms. The van der Waals surface area contributed by atoms with E-state index in [0.29, 0.717) is 37.9 Å². The maximum Gasteiger partial charge on any atom is 0.253 e. The van der Waals surface area contributed by atoms with Gasteiger partial charge in [0.25, 0.3) is 5.91 Å². The second-order valence-corrected chi connectivity index (χ2v) is 9.22. The quantitative estimate of drug-likeness (QED) is 0.826.